The van der Waals surface area contributed by atoms with Crippen molar-refractivity contribution in [3.63, 3.8) is 0 Å². The molecule has 0 aliphatic carbocycles. The van der Waals surface area contributed by atoms with Gasteiger partial charge in [-0.3, -0.25) is 4.79 Å². The molecule has 0 atom stereocenters. The van der Waals surface area contributed by atoms with Gasteiger partial charge in [-0.1, -0.05) is 6.92 Å². The summed E-state index contributed by atoms with van der Waals surface area (Å²) < 4.78 is 10.3. The fourth-order valence-electron chi connectivity index (χ4n) is 1.40. The Kier molecular flexibility index (Phi) is 3.73. The second-order valence-corrected chi connectivity index (χ2v) is 5.49. The van der Waals surface area contributed by atoms with Crippen LogP contribution >= 0.6 is 0 Å². The van der Waals surface area contributed by atoms with E-state index in [1.807, 2.05) is 20.8 Å². The highest BCUT2D eigenvalue weighted by Crippen LogP contribution is 2.24. The standard InChI is InChI=1S/C11H21NO3/c1-10(2,3)15-9(13)5-12-6-11(4)7-14-8-11/h12H,5-8H2,1-4H3. The molecule has 1 fully saturated rings. The van der Waals surface area contributed by atoms with Crippen LogP contribution in [0.1, 0.15) is 27.7 Å². The number of hydrogen-bond donors (Lipinski definition) is 1. The average Bonchev–Trinajstić information content (AvgIpc) is 1.97. The Hall–Kier alpha value is -0.610. The third-order valence-electron chi connectivity index (χ3n) is 2.14. The van der Waals surface area contributed by atoms with Gasteiger partial charge in [0.25, 0.3) is 0 Å². The zero-order valence-corrected chi connectivity index (χ0v) is 10.1. The van der Waals surface area contributed by atoms with Crippen molar-refractivity contribution in [2.75, 3.05) is 26.3 Å². The Morgan fingerprint density at radius 2 is 2.07 bits per heavy atom. The van der Waals surface area contributed by atoms with Crippen LogP contribution in [0.25, 0.3) is 0 Å². The Labute approximate surface area is 91.3 Å². The fourth-order valence-corrected chi connectivity index (χ4v) is 1.40. The lowest BCUT2D eigenvalue weighted by Crippen LogP contribution is -2.48. The minimum absolute atomic E-state index is 0.196. The van der Waals surface area contributed by atoms with E-state index >= 15 is 0 Å². The third kappa shape index (κ3) is 4.62. The summed E-state index contributed by atoms with van der Waals surface area (Å²) in [6, 6.07) is 0. The lowest BCUT2D eigenvalue weighted by molar-refractivity contribution is -0.154. The van der Waals surface area contributed by atoms with Gasteiger partial charge in [0.2, 0.25) is 0 Å². The third-order valence-corrected chi connectivity index (χ3v) is 2.14. The maximum absolute atomic E-state index is 11.3. The highest BCUT2D eigenvalue weighted by Gasteiger charge is 2.32. The second kappa shape index (κ2) is 4.49. The molecule has 0 aromatic rings. The van der Waals surface area contributed by atoms with Crippen LogP contribution in [0, 0.1) is 5.41 Å². The molecule has 0 radical (unpaired) electrons. The number of rotatable bonds is 4. The lowest BCUT2D eigenvalue weighted by atomic mass is 9.89. The molecule has 1 aliphatic rings. The SMILES string of the molecule is CC1(CNCC(=O)OC(C)(C)C)COC1. The second-order valence-electron chi connectivity index (χ2n) is 5.49. The van der Waals surface area contributed by atoms with Gasteiger partial charge in [-0.25, -0.2) is 0 Å². The maximum Gasteiger partial charge on any atom is 0.320 e. The van der Waals surface area contributed by atoms with Crippen LogP contribution < -0.4 is 5.32 Å². The molecule has 1 N–H and O–H groups in total. The molecule has 0 aromatic heterocycles. The predicted octanol–water partition coefficient (Wildman–Crippen LogP) is 0.954. The van der Waals surface area contributed by atoms with Crippen LogP contribution in [0.4, 0.5) is 0 Å². The number of esters is 1. The van der Waals surface area contributed by atoms with E-state index in [0.717, 1.165) is 19.8 Å². The Morgan fingerprint density at radius 1 is 1.47 bits per heavy atom. The van der Waals surface area contributed by atoms with Gasteiger partial charge in [-0.15, -0.1) is 0 Å². The van der Waals surface area contributed by atoms with Crippen molar-refractivity contribution in [3.8, 4) is 0 Å². The molecule has 1 rings (SSSR count). The zero-order valence-electron chi connectivity index (χ0n) is 10.1. The Bertz CT molecular complexity index is 228. The van der Waals surface area contributed by atoms with Gasteiger partial charge in [0.15, 0.2) is 0 Å². The van der Waals surface area contributed by atoms with Crippen LogP contribution in [0.3, 0.4) is 0 Å². The molecule has 1 aliphatic heterocycles. The fraction of sp³-hybridized carbons (Fsp3) is 0.909. The van der Waals surface area contributed by atoms with Gasteiger partial charge in [-0.05, 0) is 20.8 Å². The van der Waals surface area contributed by atoms with Gasteiger partial charge in [0.05, 0.1) is 19.8 Å². The van der Waals surface area contributed by atoms with Crippen LogP contribution in [-0.4, -0.2) is 37.9 Å². The van der Waals surface area contributed by atoms with Crippen molar-refractivity contribution >= 4 is 5.97 Å². The predicted molar refractivity (Wildman–Crippen MR) is 57.6 cm³/mol. The number of ether oxygens (including phenoxy) is 2. The summed E-state index contributed by atoms with van der Waals surface area (Å²) in [6.07, 6.45) is 0. The van der Waals surface area contributed by atoms with Crippen molar-refractivity contribution in [2.45, 2.75) is 33.3 Å². The first-order valence-electron chi connectivity index (χ1n) is 5.31. The smallest absolute Gasteiger partial charge is 0.320 e. The molecule has 0 bridgehead atoms. The van der Waals surface area contributed by atoms with Crippen LogP contribution in [-0.2, 0) is 14.3 Å². The summed E-state index contributed by atoms with van der Waals surface area (Å²) in [5, 5.41) is 3.10. The molecule has 4 heteroatoms. The van der Waals surface area contributed by atoms with Crippen LogP contribution in [0.15, 0.2) is 0 Å². The quantitative estimate of drug-likeness (QED) is 0.709. The molecule has 15 heavy (non-hydrogen) atoms. The van der Waals surface area contributed by atoms with E-state index in [1.54, 1.807) is 0 Å². The highest BCUT2D eigenvalue weighted by atomic mass is 16.6. The zero-order chi connectivity index (χ0) is 11.5. The van der Waals surface area contributed by atoms with Gasteiger partial charge in [0.1, 0.15) is 5.60 Å². The molecule has 0 aromatic carbocycles. The number of carbonyl (C=O) groups is 1. The molecule has 0 amide bonds. The van der Waals surface area contributed by atoms with Crippen molar-refractivity contribution < 1.29 is 14.3 Å². The summed E-state index contributed by atoms with van der Waals surface area (Å²) in [5.74, 6) is -0.202. The highest BCUT2D eigenvalue weighted by molar-refractivity contribution is 5.72. The maximum atomic E-state index is 11.3. The van der Waals surface area contributed by atoms with Gasteiger partial charge >= 0.3 is 5.97 Å². The van der Waals surface area contributed by atoms with Gasteiger partial charge in [0, 0.05) is 12.0 Å². The molecular formula is C11H21NO3. The summed E-state index contributed by atoms with van der Waals surface area (Å²) >= 11 is 0. The van der Waals surface area contributed by atoms with E-state index in [1.165, 1.54) is 0 Å². The minimum Gasteiger partial charge on any atom is -0.459 e. The molecule has 0 spiro atoms. The average molecular weight is 215 g/mol. The Balaban J connectivity index is 2.12. The summed E-state index contributed by atoms with van der Waals surface area (Å²) in [5.41, 5.74) is -0.204. The van der Waals surface area contributed by atoms with E-state index in [2.05, 4.69) is 12.2 Å². The van der Waals surface area contributed by atoms with E-state index in [9.17, 15) is 4.79 Å². The monoisotopic (exact) mass is 215 g/mol. The van der Waals surface area contributed by atoms with Gasteiger partial charge < -0.3 is 14.8 Å². The number of carbonyl (C=O) groups excluding carboxylic acids is 1. The first-order valence-corrected chi connectivity index (χ1v) is 5.31. The van der Waals surface area contributed by atoms with Crippen molar-refractivity contribution in [2.24, 2.45) is 5.41 Å². The summed E-state index contributed by atoms with van der Waals surface area (Å²) in [4.78, 5) is 11.3. The summed E-state index contributed by atoms with van der Waals surface area (Å²) in [7, 11) is 0. The first kappa shape index (κ1) is 12.5. The van der Waals surface area contributed by atoms with E-state index in [0.29, 0.717) is 0 Å². The largest absolute Gasteiger partial charge is 0.459 e. The van der Waals surface area contributed by atoms with Crippen LogP contribution in [0.5, 0.6) is 0 Å². The first-order chi connectivity index (χ1) is 6.81. The Morgan fingerprint density at radius 3 is 2.47 bits per heavy atom. The van der Waals surface area contributed by atoms with Crippen molar-refractivity contribution in [1.29, 1.82) is 0 Å². The normalized spacial score (nSPS) is 19.5. The van der Waals surface area contributed by atoms with E-state index < -0.39 is 5.60 Å². The number of nitrogens with one attached hydrogen (secondary N) is 1. The molecule has 0 unspecified atom stereocenters. The van der Waals surface area contributed by atoms with Gasteiger partial charge in [-0.2, -0.15) is 0 Å². The minimum atomic E-state index is -0.401. The number of hydrogen-bond acceptors (Lipinski definition) is 4. The molecule has 1 heterocycles. The molecule has 1 saturated heterocycles. The molecular weight excluding hydrogens is 194 g/mol. The summed E-state index contributed by atoms with van der Waals surface area (Å²) in [6.45, 7) is 10.4. The topological polar surface area (TPSA) is 47.6 Å². The lowest BCUT2D eigenvalue weighted by Gasteiger charge is -2.38. The molecule has 0 saturated carbocycles. The molecule has 88 valence electrons. The van der Waals surface area contributed by atoms with Crippen molar-refractivity contribution in [1.82, 2.24) is 5.32 Å². The van der Waals surface area contributed by atoms with Crippen molar-refractivity contribution in [3.05, 3.63) is 0 Å². The molecule has 4 nitrogen and oxygen atoms in total. The van der Waals surface area contributed by atoms with E-state index in [4.69, 9.17) is 9.47 Å². The van der Waals surface area contributed by atoms with E-state index in [-0.39, 0.29) is 17.9 Å². The van der Waals surface area contributed by atoms with Crippen LogP contribution in [0.2, 0.25) is 0 Å².